The Bertz CT molecular complexity index is 821. The number of hydrogen-bond donors (Lipinski definition) is 0. The molecule has 0 aromatic heterocycles. The minimum atomic E-state index is 0. The molecule has 0 aliphatic heterocycles. The fraction of sp³-hybridized carbons (Fsp3) is 0.375. The van der Waals surface area contributed by atoms with Gasteiger partial charge in [0.1, 0.15) is 0 Å². The number of rotatable bonds is 7. The Morgan fingerprint density at radius 1 is 0.576 bits per heavy atom. The zero-order valence-corrected chi connectivity index (χ0v) is 23.5. The van der Waals surface area contributed by atoms with E-state index in [1.807, 2.05) is 0 Å². The van der Waals surface area contributed by atoms with Gasteiger partial charge >= 0.3 is 26.2 Å². The number of hydrogen-bond acceptors (Lipinski definition) is 0. The second-order valence-corrected chi connectivity index (χ2v) is 8.44. The van der Waals surface area contributed by atoms with Crippen molar-refractivity contribution in [2.75, 3.05) is 0 Å². The van der Waals surface area contributed by atoms with Crippen LogP contribution in [-0.2, 0) is 39.0 Å². The minimum absolute atomic E-state index is 0. The summed E-state index contributed by atoms with van der Waals surface area (Å²) in [5.74, 6) is 0. The van der Waals surface area contributed by atoms with Gasteiger partial charge in [-0.25, -0.2) is 11.1 Å². The van der Waals surface area contributed by atoms with Crippen molar-refractivity contribution in [3.63, 3.8) is 0 Å². The van der Waals surface area contributed by atoms with Gasteiger partial charge in [0.05, 0.1) is 0 Å². The van der Waals surface area contributed by atoms with Crippen LogP contribution in [-0.4, -0.2) is 0 Å². The Balaban J connectivity index is 0.000000254. The summed E-state index contributed by atoms with van der Waals surface area (Å²) >= 11 is 0. The van der Waals surface area contributed by atoms with E-state index in [4.69, 9.17) is 0 Å². The molecule has 4 rings (SSSR count). The van der Waals surface area contributed by atoms with Gasteiger partial charge in [-0.3, -0.25) is 12.2 Å². The van der Waals surface area contributed by atoms with Gasteiger partial charge in [0.25, 0.3) is 0 Å². The van der Waals surface area contributed by atoms with Crippen LogP contribution in [0.1, 0.15) is 77.3 Å². The van der Waals surface area contributed by atoms with E-state index in [0.717, 1.165) is 25.7 Å². The van der Waals surface area contributed by atoms with Gasteiger partial charge in [-0.05, 0) is 24.0 Å². The molecule has 0 saturated carbocycles. The van der Waals surface area contributed by atoms with Gasteiger partial charge in [-0.15, -0.1) is 12.8 Å². The van der Waals surface area contributed by atoms with E-state index < -0.39 is 0 Å². The van der Waals surface area contributed by atoms with Gasteiger partial charge in [0.15, 0.2) is 0 Å². The van der Waals surface area contributed by atoms with Gasteiger partial charge in [-0.2, -0.15) is 23.3 Å². The minimum Gasteiger partial charge on any atom is -0.269 e. The van der Waals surface area contributed by atoms with Crippen LogP contribution in [0.2, 0.25) is 0 Å². The first kappa shape index (κ1) is 29.3. The normalized spacial score (nSPS) is 13.8. The molecule has 2 aromatic carbocycles. The van der Waals surface area contributed by atoms with Gasteiger partial charge in [0.2, 0.25) is 0 Å². The quantitative estimate of drug-likeness (QED) is 0.322. The molecule has 0 heterocycles. The van der Waals surface area contributed by atoms with E-state index in [-0.39, 0.29) is 26.2 Å². The van der Waals surface area contributed by atoms with Crippen molar-refractivity contribution in [3.8, 4) is 0 Å². The van der Waals surface area contributed by atoms with Crippen molar-refractivity contribution in [2.24, 2.45) is 0 Å². The Labute approximate surface area is 222 Å². The average molecular weight is 516 g/mol. The fourth-order valence-electron chi connectivity index (χ4n) is 3.88. The molecule has 0 bridgehead atoms. The summed E-state index contributed by atoms with van der Waals surface area (Å²) in [5, 5.41) is 0. The van der Waals surface area contributed by atoms with Crippen molar-refractivity contribution in [3.05, 3.63) is 118 Å². The smallest absolute Gasteiger partial charge is 0.269 e. The predicted molar refractivity (Wildman–Crippen MR) is 140 cm³/mol. The third-order valence-corrected chi connectivity index (χ3v) is 5.82. The fourth-order valence-corrected chi connectivity index (χ4v) is 3.88. The van der Waals surface area contributed by atoms with Crippen molar-refractivity contribution >= 4 is 0 Å². The summed E-state index contributed by atoms with van der Waals surface area (Å²) in [5.41, 5.74) is 8.59. The van der Waals surface area contributed by atoms with E-state index in [0.29, 0.717) is 0 Å². The molecule has 172 valence electrons. The third kappa shape index (κ3) is 11.8. The Kier molecular flexibility index (Phi) is 15.7. The zero-order chi connectivity index (χ0) is 23.0. The molecule has 0 N–H and O–H groups in total. The van der Waals surface area contributed by atoms with Crippen LogP contribution in [0, 0.1) is 12.2 Å². The molecule has 1 heteroatoms. The molecule has 0 atom stereocenters. The Morgan fingerprint density at radius 3 is 1.21 bits per heavy atom. The largest absolute Gasteiger partial charge is 2.00 e. The van der Waals surface area contributed by atoms with E-state index in [9.17, 15) is 0 Å². The van der Waals surface area contributed by atoms with E-state index in [1.54, 1.807) is 0 Å². The standard InChI is InChI=1S/C14H14.2C9H13.Zr/c1-3-7-13(8-4-1)11-12-14-9-5-2-6-10-14;2*1-3-5-9-7-4-6-8(9)2;/h1-10H,11-12H2;2*7H,3-5H2,1-2H3;/q;2*-1;+2. The van der Waals surface area contributed by atoms with Crippen LogP contribution in [0.25, 0.3) is 0 Å². The summed E-state index contributed by atoms with van der Waals surface area (Å²) < 4.78 is 0. The van der Waals surface area contributed by atoms with Gasteiger partial charge in [-0.1, -0.05) is 114 Å². The monoisotopic (exact) mass is 514 g/mol. The first-order valence-electron chi connectivity index (χ1n) is 12.3. The van der Waals surface area contributed by atoms with Crippen LogP contribution >= 0.6 is 0 Å². The maximum atomic E-state index is 3.28. The second-order valence-electron chi connectivity index (χ2n) is 8.44. The number of aryl methyl sites for hydroxylation is 2. The molecule has 0 spiro atoms. The molecular weight excluding hydrogens is 476 g/mol. The Morgan fingerprint density at radius 2 is 0.939 bits per heavy atom. The SMILES string of the molecule is CCCC1=CC[C-]=C1C.CCCC1=CC[C-]=C1C.[Zr+2].c1ccc(CCc2ccccc2)cc1. The van der Waals surface area contributed by atoms with Crippen LogP contribution < -0.4 is 0 Å². The first-order valence-corrected chi connectivity index (χ1v) is 12.3. The molecular formula is C32H40Zr. The molecule has 2 aliphatic carbocycles. The van der Waals surface area contributed by atoms with Crippen molar-refractivity contribution < 1.29 is 26.2 Å². The van der Waals surface area contributed by atoms with Gasteiger partial charge < -0.3 is 0 Å². The maximum absolute atomic E-state index is 3.28. The molecule has 0 amide bonds. The summed E-state index contributed by atoms with van der Waals surface area (Å²) in [6.45, 7) is 8.72. The molecule has 2 aromatic rings. The van der Waals surface area contributed by atoms with E-state index >= 15 is 0 Å². The molecule has 0 fully saturated rings. The van der Waals surface area contributed by atoms with Gasteiger partial charge in [0, 0.05) is 0 Å². The molecule has 0 radical (unpaired) electrons. The van der Waals surface area contributed by atoms with E-state index in [2.05, 4.69) is 113 Å². The molecule has 33 heavy (non-hydrogen) atoms. The summed E-state index contributed by atoms with van der Waals surface area (Å²) in [7, 11) is 0. The first-order chi connectivity index (χ1) is 15.6. The summed E-state index contributed by atoms with van der Waals surface area (Å²) in [6.07, 6.45) is 20.4. The number of allylic oxidation sites excluding steroid dienone is 8. The topological polar surface area (TPSA) is 0 Å². The average Bonchev–Trinajstić information content (AvgIpc) is 3.43. The summed E-state index contributed by atoms with van der Waals surface area (Å²) in [6, 6.07) is 21.2. The van der Waals surface area contributed by atoms with Crippen molar-refractivity contribution in [1.29, 1.82) is 0 Å². The maximum Gasteiger partial charge on any atom is 2.00 e. The third-order valence-electron chi connectivity index (χ3n) is 5.82. The van der Waals surface area contributed by atoms with E-state index in [1.165, 1.54) is 59.1 Å². The summed E-state index contributed by atoms with van der Waals surface area (Å²) in [4.78, 5) is 0. The molecule has 0 nitrogen and oxygen atoms in total. The van der Waals surface area contributed by atoms with Crippen molar-refractivity contribution in [1.82, 2.24) is 0 Å². The Hall–Kier alpha value is -1.72. The van der Waals surface area contributed by atoms with Crippen molar-refractivity contribution in [2.45, 2.75) is 79.1 Å². The molecule has 2 aliphatic rings. The van der Waals surface area contributed by atoms with Crippen LogP contribution in [0.3, 0.4) is 0 Å². The zero-order valence-electron chi connectivity index (χ0n) is 21.1. The van der Waals surface area contributed by atoms with Crippen LogP contribution in [0.15, 0.2) is 95.1 Å². The number of benzene rings is 2. The second kappa shape index (κ2) is 17.7. The van der Waals surface area contributed by atoms with Crippen LogP contribution in [0.4, 0.5) is 0 Å². The predicted octanol–water partition coefficient (Wildman–Crippen LogP) is 9.20. The molecule has 0 unspecified atom stereocenters. The molecule has 0 saturated heterocycles. The van der Waals surface area contributed by atoms with Crippen LogP contribution in [0.5, 0.6) is 0 Å².